The smallest absolute Gasteiger partial charge is 0.236 e. The molecule has 0 saturated carbocycles. The van der Waals surface area contributed by atoms with Crippen LogP contribution in [-0.2, 0) is 14.3 Å². The zero-order valence-electron chi connectivity index (χ0n) is 15.3. The lowest BCUT2D eigenvalue weighted by Gasteiger charge is -2.23. The molecule has 0 spiro atoms. The van der Waals surface area contributed by atoms with Gasteiger partial charge in [-0.05, 0) is 33.4 Å². The molecule has 142 valence electrons. The normalized spacial score (nSPS) is 12.2. The van der Waals surface area contributed by atoms with Crippen molar-refractivity contribution >= 4 is 11.8 Å². The molecule has 0 aliphatic heterocycles. The maximum Gasteiger partial charge on any atom is 0.236 e. The number of rotatable bonds is 14. The predicted octanol–water partition coefficient (Wildman–Crippen LogP) is -0.981. The Hall–Kier alpha value is -1.22. The maximum absolute atomic E-state index is 11.8. The highest BCUT2D eigenvalue weighted by atomic mass is 16.5. The van der Waals surface area contributed by atoms with Crippen LogP contribution in [0, 0.1) is 0 Å². The van der Waals surface area contributed by atoms with Gasteiger partial charge >= 0.3 is 0 Å². The summed E-state index contributed by atoms with van der Waals surface area (Å²) in [4.78, 5) is 27.2. The first-order chi connectivity index (χ1) is 11.4. The van der Waals surface area contributed by atoms with Crippen LogP contribution in [0.2, 0.25) is 0 Å². The van der Waals surface area contributed by atoms with E-state index in [-0.39, 0.29) is 25.0 Å². The van der Waals surface area contributed by atoms with Crippen LogP contribution in [0.15, 0.2) is 0 Å². The zero-order valence-corrected chi connectivity index (χ0v) is 15.3. The molecule has 0 radical (unpaired) electrons. The van der Waals surface area contributed by atoms with E-state index in [1.54, 1.807) is 6.92 Å². The third kappa shape index (κ3) is 12.2. The van der Waals surface area contributed by atoms with Crippen molar-refractivity contribution in [3.8, 4) is 0 Å². The lowest BCUT2D eigenvalue weighted by atomic mass is 10.1. The molecule has 2 amide bonds. The van der Waals surface area contributed by atoms with Gasteiger partial charge in [-0.2, -0.15) is 0 Å². The number of aliphatic hydroxyl groups is 1. The van der Waals surface area contributed by atoms with E-state index in [0.717, 1.165) is 19.4 Å². The first kappa shape index (κ1) is 22.8. The minimum absolute atomic E-state index is 0.0285. The second-order valence-corrected chi connectivity index (χ2v) is 6.04. The van der Waals surface area contributed by atoms with E-state index in [9.17, 15) is 9.59 Å². The molecule has 0 bridgehead atoms. The first-order valence-electron chi connectivity index (χ1n) is 8.50. The number of hydrogen-bond donors (Lipinski definition) is 3. The fourth-order valence-electron chi connectivity index (χ4n) is 2.09. The van der Waals surface area contributed by atoms with Crippen LogP contribution in [0.3, 0.4) is 0 Å². The standard InChI is InChI=1S/C16H34N4O4/c1-14(22)20(10-9-19(2)3)8-5-4-6-15(17)16(23)18-7-12-24-13-11-21/h15,21H,4-13,17H2,1-3H3,(H,18,23)/t15-/m0/s1. The monoisotopic (exact) mass is 346 g/mol. The minimum atomic E-state index is -0.546. The lowest BCUT2D eigenvalue weighted by Crippen LogP contribution is -2.42. The lowest BCUT2D eigenvalue weighted by molar-refractivity contribution is -0.129. The van der Waals surface area contributed by atoms with E-state index in [1.165, 1.54) is 0 Å². The van der Waals surface area contributed by atoms with Crippen molar-refractivity contribution in [2.75, 3.05) is 60.1 Å². The van der Waals surface area contributed by atoms with Gasteiger partial charge in [0, 0.05) is 33.1 Å². The minimum Gasteiger partial charge on any atom is -0.394 e. The van der Waals surface area contributed by atoms with E-state index >= 15 is 0 Å². The number of hydrogen-bond acceptors (Lipinski definition) is 6. The number of unbranched alkanes of at least 4 members (excludes halogenated alkanes) is 1. The molecule has 0 fully saturated rings. The number of carbonyl (C=O) groups excluding carboxylic acids is 2. The molecule has 4 N–H and O–H groups in total. The van der Waals surface area contributed by atoms with Gasteiger partial charge in [-0.15, -0.1) is 0 Å². The van der Waals surface area contributed by atoms with Crippen LogP contribution in [0.25, 0.3) is 0 Å². The van der Waals surface area contributed by atoms with Crippen molar-refractivity contribution < 1.29 is 19.4 Å². The summed E-state index contributed by atoms with van der Waals surface area (Å²) in [5.74, 6) is -0.125. The molecule has 8 heteroatoms. The average molecular weight is 346 g/mol. The molecule has 0 aliphatic carbocycles. The van der Waals surface area contributed by atoms with Crippen LogP contribution in [0.5, 0.6) is 0 Å². The van der Waals surface area contributed by atoms with Crippen LogP contribution in [0.1, 0.15) is 26.2 Å². The van der Waals surface area contributed by atoms with Gasteiger partial charge in [0.25, 0.3) is 0 Å². The summed E-state index contributed by atoms with van der Waals surface area (Å²) in [5.41, 5.74) is 5.85. The van der Waals surface area contributed by atoms with Crippen molar-refractivity contribution in [3.05, 3.63) is 0 Å². The van der Waals surface area contributed by atoms with E-state index in [4.69, 9.17) is 15.6 Å². The van der Waals surface area contributed by atoms with Crippen molar-refractivity contribution in [2.45, 2.75) is 32.2 Å². The van der Waals surface area contributed by atoms with Gasteiger partial charge in [-0.1, -0.05) is 0 Å². The average Bonchev–Trinajstić information content (AvgIpc) is 2.52. The summed E-state index contributed by atoms with van der Waals surface area (Å²) in [6.45, 7) is 4.79. The van der Waals surface area contributed by atoms with E-state index in [0.29, 0.717) is 32.7 Å². The predicted molar refractivity (Wildman–Crippen MR) is 93.5 cm³/mol. The van der Waals surface area contributed by atoms with Crippen molar-refractivity contribution in [1.82, 2.24) is 15.1 Å². The number of nitrogens with zero attached hydrogens (tertiary/aromatic N) is 2. The molecule has 0 rings (SSSR count). The molecular weight excluding hydrogens is 312 g/mol. The van der Waals surface area contributed by atoms with Gasteiger partial charge in [-0.3, -0.25) is 9.59 Å². The molecule has 0 aromatic heterocycles. The van der Waals surface area contributed by atoms with Crippen LogP contribution in [0.4, 0.5) is 0 Å². The number of nitrogens with one attached hydrogen (secondary N) is 1. The number of likely N-dealkylation sites (N-methyl/N-ethyl adjacent to an activating group) is 1. The number of nitrogens with two attached hydrogens (primary N) is 1. The fourth-order valence-corrected chi connectivity index (χ4v) is 2.09. The Morgan fingerprint density at radius 1 is 1.17 bits per heavy atom. The number of carbonyl (C=O) groups is 2. The first-order valence-corrected chi connectivity index (χ1v) is 8.50. The molecule has 0 aliphatic rings. The number of amides is 2. The van der Waals surface area contributed by atoms with Gasteiger partial charge < -0.3 is 30.7 Å². The zero-order chi connectivity index (χ0) is 18.4. The van der Waals surface area contributed by atoms with E-state index in [2.05, 4.69) is 5.32 Å². The molecule has 0 aromatic rings. The molecule has 24 heavy (non-hydrogen) atoms. The van der Waals surface area contributed by atoms with Gasteiger partial charge in [-0.25, -0.2) is 0 Å². The summed E-state index contributed by atoms with van der Waals surface area (Å²) in [5, 5.41) is 11.3. The largest absolute Gasteiger partial charge is 0.394 e. The van der Waals surface area contributed by atoms with Crippen LogP contribution < -0.4 is 11.1 Å². The second kappa shape index (κ2) is 14.2. The quantitative estimate of drug-likeness (QED) is 0.349. The molecule has 1 atom stereocenters. The molecule has 0 unspecified atom stereocenters. The highest BCUT2D eigenvalue weighted by molar-refractivity contribution is 5.81. The summed E-state index contributed by atoms with van der Waals surface area (Å²) < 4.78 is 5.05. The summed E-state index contributed by atoms with van der Waals surface area (Å²) in [6.07, 6.45) is 2.21. The molecular formula is C16H34N4O4. The van der Waals surface area contributed by atoms with E-state index in [1.807, 2.05) is 23.9 Å². The van der Waals surface area contributed by atoms with Crippen molar-refractivity contribution in [2.24, 2.45) is 5.73 Å². The van der Waals surface area contributed by atoms with Gasteiger partial charge in [0.2, 0.25) is 11.8 Å². The molecule has 8 nitrogen and oxygen atoms in total. The van der Waals surface area contributed by atoms with E-state index < -0.39 is 6.04 Å². The summed E-state index contributed by atoms with van der Waals surface area (Å²) >= 11 is 0. The Morgan fingerprint density at radius 3 is 2.46 bits per heavy atom. The highest BCUT2D eigenvalue weighted by Gasteiger charge is 2.13. The van der Waals surface area contributed by atoms with Crippen LogP contribution >= 0.6 is 0 Å². The fraction of sp³-hybridized carbons (Fsp3) is 0.875. The van der Waals surface area contributed by atoms with Crippen molar-refractivity contribution in [1.29, 1.82) is 0 Å². The Bertz CT molecular complexity index is 353. The Kier molecular flexibility index (Phi) is 13.4. The highest BCUT2D eigenvalue weighted by Crippen LogP contribution is 2.02. The van der Waals surface area contributed by atoms with Gasteiger partial charge in [0.05, 0.1) is 25.9 Å². The molecule has 0 aromatic carbocycles. The van der Waals surface area contributed by atoms with Crippen molar-refractivity contribution in [3.63, 3.8) is 0 Å². The number of aliphatic hydroxyl groups excluding tert-OH is 1. The van der Waals surface area contributed by atoms with Crippen LogP contribution in [-0.4, -0.2) is 92.9 Å². The SMILES string of the molecule is CC(=O)N(CCCC[C@H](N)C(=O)NCCOCCO)CCN(C)C. The Labute approximate surface area is 145 Å². The second-order valence-electron chi connectivity index (χ2n) is 6.04. The molecule has 0 saturated heterocycles. The third-order valence-electron chi connectivity index (χ3n) is 3.57. The number of ether oxygens (including phenoxy) is 1. The Balaban J connectivity index is 3.82. The maximum atomic E-state index is 11.8. The summed E-state index contributed by atoms with van der Waals surface area (Å²) in [7, 11) is 3.95. The molecule has 0 heterocycles. The van der Waals surface area contributed by atoms with Gasteiger partial charge in [0.15, 0.2) is 0 Å². The topological polar surface area (TPSA) is 108 Å². The van der Waals surface area contributed by atoms with Gasteiger partial charge in [0.1, 0.15) is 0 Å². The summed E-state index contributed by atoms with van der Waals surface area (Å²) in [6, 6.07) is -0.546. The third-order valence-corrected chi connectivity index (χ3v) is 3.57. The Morgan fingerprint density at radius 2 is 1.88 bits per heavy atom.